The average Bonchev–Trinajstić information content (AvgIpc) is 2.70. The van der Waals surface area contributed by atoms with E-state index in [2.05, 4.69) is 36.4 Å². The average molecular weight is 542 g/mol. The summed E-state index contributed by atoms with van der Waals surface area (Å²) in [5.74, 6) is 2.57. The van der Waals surface area contributed by atoms with E-state index in [0.29, 0.717) is 0 Å². The first-order chi connectivity index (χ1) is 12.2. The molecule has 2 radical (unpaired) electrons. The van der Waals surface area contributed by atoms with Gasteiger partial charge in [0, 0.05) is 0 Å². The molecule has 0 amide bonds. The molecule has 0 atom stereocenters. The minimum atomic E-state index is -0.212. The molecule has 11 heteroatoms. The molecule has 0 aliphatic carbocycles. The summed E-state index contributed by atoms with van der Waals surface area (Å²) in [6, 6.07) is 24.7. The van der Waals surface area contributed by atoms with E-state index in [0.717, 1.165) is 17.2 Å². The van der Waals surface area contributed by atoms with E-state index in [9.17, 15) is 0 Å². The Morgan fingerprint density at radius 3 is 0.750 bits per heavy atom. The second-order valence-corrected chi connectivity index (χ2v) is 7.36. The summed E-state index contributed by atoms with van der Waals surface area (Å²) in [6.07, 6.45) is 0. The van der Waals surface area contributed by atoms with Crippen LogP contribution in [0.5, 0.6) is 17.2 Å². The molecule has 0 bridgehead atoms. The van der Waals surface area contributed by atoms with Gasteiger partial charge in [-0.05, 0) is 72.8 Å². The van der Waals surface area contributed by atoms with E-state index in [1.807, 2.05) is 36.4 Å². The summed E-state index contributed by atoms with van der Waals surface area (Å²) in [4.78, 5) is 3.70. The number of methoxy groups -OCH3 is 3. The first-order valence-corrected chi connectivity index (χ1v) is 9.14. The zero-order valence-electron chi connectivity index (χ0n) is 17.3. The fraction of sp³-hybridized carbons (Fsp3) is 0.143. The number of benzene rings is 3. The van der Waals surface area contributed by atoms with E-state index < -0.39 is 0 Å². The van der Waals surface area contributed by atoms with Crippen molar-refractivity contribution in [2.75, 3.05) is 21.3 Å². The van der Waals surface area contributed by atoms with Crippen LogP contribution in [0.2, 0.25) is 0 Å². The normalized spacial score (nSPS) is 8.25. The topological polar surface area (TPSA) is 27.7 Å². The number of rotatable bonds is 6. The number of hydrogen-bond acceptors (Lipinski definition) is 3. The van der Waals surface area contributed by atoms with Gasteiger partial charge in [-0.15, -0.1) is 0 Å². The van der Waals surface area contributed by atoms with Crippen LogP contribution in [-0.2, 0) is 10.9 Å². The number of halogens is 6. The van der Waals surface area contributed by atoms with Crippen LogP contribution in [0, 0.1) is 0 Å². The second-order valence-electron chi connectivity index (χ2n) is 5.33. The molecule has 3 rings (SSSR count). The van der Waals surface area contributed by atoms with Crippen molar-refractivity contribution in [3.63, 3.8) is 0 Å². The molecule has 0 saturated carbocycles. The first-order valence-electron chi connectivity index (χ1n) is 7.91. The van der Waals surface area contributed by atoms with Gasteiger partial charge >= 0.3 is 18.0 Å². The minimum Gasteiger partial charge on any atom is -1.00 e. The molecule has 0 heterocycles. The molecule has 0 fully saturated rings. The Kier molecular flexibility index (Phi) is 24.0. The zero-order valence-corrected chi connectivity index (χ0v) is 20.0. The van der Waals surface area contributed by atoms with E-state index in [-0.39, 0.29) is 57.1 Å². The smallest absolute Gasteiger partial charge is 1.00 e. The molecule has 0 spiro atoms. The van der Waals surface area contributed by atoms with Gasteiger partial charge in [-0.3, -0.25) is 0 Å². The van der Waals surface area contributed by atoms with Gasteiger partial charge in [0.1, 0.15) is 17.2 Å². The maximum atomic E-state index is 5.29. The Balaban J connectivity index is -0.000000347. The monoisotopic (exact) mass is 542 g/mol. The van der Waals surface area contributed by atoms with E-state index in [1.165, 1.54) is 14.7 Å². The summed E-state index contributed by atoms with van der Waals surface area (Å²) < 4.78 is 15.9. The van der Waals surface area contributed by atoms with Crippen molar-refractivity contribution in [3.05, 3.63) is 72.8 Å². The third-order valence-corrected chi connectivity index (χ3v) is 6.12. The Morgan fingerprint density at radius 1 is 0.406 bits per heavy atom. The van der Waals surface area contributed by atoms with Crippen molar-refractivity contribution < 1.29 is 42.4 Å². The van der Waals surface area contributed by atoms with Gasteiger partial charge in [0.05, 0.1) is 32.2 Å². The molecule has 0 N–H and O–H groups in total. The SMILES string of the molecule is COc1ccc([S+](c2ccc(OC)cc2)c2ccc(OC)cc2)cc1.[As+3].[F-].[F-].[F-].[F-].[F-].[F-]. The van der Waals surface area contributed by atoms with Gasteiger partial charge in [0.15, 0.2) is 14.7 Å². The van der Waals surface area contributed by atoms with Gasteiger partial charge in [0.2, 0.25) is 0 Å². The summed E-state index contributed by atoms with van der Waals surface area (Å²) in [5, 5.41) is 0. The second kappa shape index (κ2) is 19.3. The van der Waals surface area contributed by atoms with Crippen molar-refractivity contribution in [2.45, 2.75) is 14.7 Å². The maximum Gasteiger partial charge on any atom is 3.00 e. The molecule has 0 unspecified atom stereocenters. The van der Waals surface area contributed by atoms with Crippen LogP contribution in [0.1, 0.15) is 0 Å². The van der Waals surface area contributed by atoms with Crippen molar-refractivity contribution in [3.8, 4) is 17.2 Å². The predicted octanol–water partition coefficient (Wildman–Crippen LogP) is -13.5. The molecule has 3 aromatic carbocycles. The Hall–Kier alpha value is -2.45. The van der Waals surface area contributed by atoms with Crippen molar-refractivity contribution in [1.82, 2.24) is 0 Å². The minimum absolute atomic E-state index is 0. The van der Waals surface area contributed by atoms with E-state index in [4.69, 9.17) is 14.2 Å². The third-order valence-electron chi connectivity index (χ3n) is 3.89. The van der Waals surface area contributed by atoms with Gasteiger partial charge in [-0.25, -0.2) is 0 Å². The van der Waals surface area contributed by atoms with Crippen molar-refractivity contribution in [1.29, 1.82) is 0 Å². The molecule has 3 aromatic rings. The summed E-state index contributed by atoms with van der Waals surface area (Å²) >= 11 is 0. The number of hydrogen-bond donors (Lipinski definition) is 0. The van der Waals surface area contributed by atoms with E-state index in [1.54, 1.807) is 21.3 Å². The molecule has 32 heavy (non-hydrogen) atoms. The third kappa shape index (κ3) is 9.36. The van der Waals surface area contributed by atoms with Gasteiger partial charge < -0.3 is 42.4 Å². The van der Waals surface area contributed by atoms with Gasteiger partial charge in [0.25, 0.3) is 0 Å². The van der Waals surface area contributed by atoms with Crippen LogP contribution < -0.4 is 42.4 Å². The van der Waals surface area contributed by atoms with Gasteiger partial charge in [-0.1, -0.05) is 0 Å². The summed E-state index contributed by atoms with van der Waals surface area (Å²) in [6.45, 7) is 0. The van der Waals surface area contributed by atoms with E-state index >= 15 is 0 Å². The molecule has 178 valence electrons. The van der Waals surface area contributed by atoms with Crippen molar-refractivity contribution >= 4 is 28.8 Å². The molecule has 3 nitrogen and oxygen atoms in total. The zero-order chi connectivity index (χ0) is 17.6. The molecule has 0 saturated heterocycles. The predicted molar refractivity (Wildman–Crippen MR) is 107 cm³/mol. The summed E-state index contributed by atoms with van der Waals surface area (Å²) in [5.41, 5.74) is 0. The first kappa shape index (κ1) is 40.0. The van der Waals surface area contributed by atoms with Crippen LogP contribution in [0.15, 0.2) is 87.5 Å². The molecule has 0 aromatic heterocycles. The van der Waals surface area contributed by atoms with Gasteiger partial charge in [-0.2, -0.15) is 0 Å². The van der Waals surface area contributed by atoms with Crippen LogP contribution in [0.25, 0.3) is 0 Å². The van der Waals surface area contributed by atoms with Crippen LogP contribution in [0.4, 0.5) is 0 Å². The Morgan fingerprint density at radius 2 is 0.594 bits per heavy atom. The summed E-state index contributed by atoms with van der Waals surface area (Å²) in [7, 11) is 4.83. The largest absolute Gasteiger partial charge is 3.00 e. The Bertz CT molecular complexity index is 712. The fourth-order valence-corrected chi connectivity index (χ4v) is 4.58. The molecular formula is C21H21AsF6O3S-2. The maximum absolute atomic E-state index is 5.29. The Labute approximate surface area is 197 Å². The molecule has 0 aliphatic heterocycles. The van der Waals surface area contributed by atoms with Crippen molar-refractivity contribution in [2.24, 2.45) is 0 Å². The molecular weight excluding hydrogens is 521 g/mol. The van der Waals surface area contributed by atoms with Crippen LogP contribution in [-0.4, -0.2) is 39.3 Å². The van der Waals surface area contributed by atoms with Crippen LogP contribution in [0.3, 0.4) is 0 Å². The van der Waals surface area contributed by atoms with Crippen LogP contribution >= 0.6 is 0 Å². The standard InChI is InChI=1S/C21H21O3S.As.6FH/c1-22-16-4-10-19(11-5-16)25(20-12-6-17(23-2)7-13-20)21-14-8-18(24-3)9-15-21;;;;;;;/h4-15H,1-3H3;;6*1H/q+1;+3;;;;;;/p-6. The number of ether oxygens (including phenoxy) is 3. The molecule has 0 aliphatic rings. The quantitative estimate of drug-likeness (QED) is 0.176. The fourth-order valence-electron chi connectivity index (χ4n) is 2.54.